The van der Waals surface area contributed by atoms with Gasteiger partial charge in [-0.15, -0.1) is 0 Å². The Balaban J connectivity index is 1.98. The van der Waals surface area contributed by atoms with Crippen LogP contribution in [0.5, 0.6) is 0 Å². The Morgan fingerprint density at radius 1 is 1.19 bits per heavy atom. The maximum absolute atomic E-state index is 11.9. The molecule has 1 fully saturated rings. The van der Waals surface area contributed by atoms with E-state index in [1.165, 1.54) is 0 Å². The summed E-state index contributed by atoms with van der Waals surface area (Å²) in [5.74, 6) is 0. The second-order valence-corrected chi connectivity index (χ2v) is 4.65. The Hall–Kier alpha value is -0.290. The standard InChI is InChI=1S/C11H21F3N2/c12-11(13,14)6-1-2-7-16-10-5-3-4-9(15)8-10/h9-10,16H,1-8,15H2. The average Bonchev–Trinajstić information content (AvgIpc) is 2.15. The SMILES string of the molecule is NC1CCCC(NCCCCC(F)(F)F)C1. The van der Waals surface area contributed by atoms with Crippen LogP contribution in [0.2, 0.25) is 0 Å². The zero-order valence-electron chi connectivity index (χ0n) is 9.52. The quantitative estimate of drug-likeness (QED) is 0.722. The number of alkyl halides is 3. The molecule has 1 saturated carbocycles. The molecule has 3 N–H and O–H groups in total. The second-order valence-electron chi connectivity index (χ2n) is 4.65. The van der Waals surface area contributed by atoms with Crippen LogP contribution in [-0.2, 0) is 0 Å². The van der Waals surface area contributed by atoms with Crippen LogP contribution in [0.15, 0.2) is 0 Å². The highest BCUT2D eigenvalue weighted by Gasteiger charge is 2.25. The summed E-state index contributed by atoms with van der Waals surface area (Å²) in [4.78, 5) is 0. The van der Waals surface area contributed by atoms with E-state index in [1.807, 2.05) is 0 Å². The molecule has 0 saturated heterocycles. The molecule has 0 aliphatic heterocycles. The predicted molar refractivity (Wildman–Crippen MR) is 58.1 cm³/mol. The molecule has 1 rings (SSSR count). The highest BCUT2D eigenvalue weighted by molar-refractivity contribution is 4.79. The Labute approximate surface area is 94.8 Å². The van der Waals surface area contributed by atoms with Crippen LogP contribution in [0.4, 0.5) is 13.2 Å². The molecule has 0 amide bonds. The van der Waals surface area contributed by atoms with Gasteiger partial charge < -0.3 is 11.1 Å². The van der Waals surface area contributed by atoms with Gasteiger partial charge in [-0.25, -0.2) is 0 Å². The summed E-state index contributed by atoms with van der Waals surface area (Å²) in [5, 5.41) is 3.29. The zero-order chi connectivity index (χ0) is 12.0. The van der Waals surface area contributed by atoms with E-state index in [0.29, 0.717) is 19.0 Å². The van der Waals surface area contributed by atoms with Crippen molar-refractivity contribution < 1.29 is 13.2 Å². The first kappa shape index (κ1) is 13.8. The minimum Gasteiger partial charge on any atom is -0.328 e. The summed E-state index contributed by atoms with van der Waals surface area (Å²) in [6, 6.07) is 0.677. The number of halogens is 3. The number of nitrogens with two attached hydrogens (primary N) is 1. The molecule has 0 aromatic rings. The second kappa shape index (κ2) is 6.45. The van der Waals surface area contributed by atoms with Crippen molar-refractivity contribution in [2.75, 3.05) is 6.54 Å². The van der Waals surface area contributed by atoms with E-state index in [-0.39, 0.29) is 12.5 Å². The fourth-order valence-corrected chi connectivity index (χ4v) is 2.17. The van der Waals surface area contributed by atoms with Crippen molar-refractivity contribution in [3.8, 4) is 0 Å². The predicted octanol–water partition coefficient (Wildman–Crippen LogP) is 2.58. The molecule has 2 unspecified atom stereocenters. The van der Waals surface area contributed by atoms with Crippen LogP contribution in [0.1, 0.15) is 44.9 Å². The normalized spacial score (nSPS) is 27.0. The van der Waals surface area contributed by atoms with Gasteiger partial charge in [0.2, 0.25) is 0 Å². The molecule has 0 spiro atoms. The highest BCUT2D eigenvalue weighted by Crippen LogP contribution is 2.22. The van der Waals surface area contributed by atoms with E-state index in [0.717, 1.165) is 25.7 Å². The van der Waals surface area contributed by atoms with Crippen molar-refractivity contribution in [2.45, 2.75) is 63.2 Å². The lowest BCUT2D eigenvalue weighted by atomic mass is 9.91. The van der Waals surface area contributed by atoms with E-state index >= 15 is 0 Å². The summed E-state index contributed by atoms with van der Waals surface area (Å²) >= 11 is 0. The molecular formula is C11H21F3N2. The van der Waals surface area contributed by atoms with Gasteiger partial charge in [0.1, 0.15) is 0 Å². The molecule has 0 heterocycles. The maximum atomic E-state index is 11.9. The topological polar surface area (TPSA) is 38.0 Å². The van der Waals surface area contributed by atoms with E-state index in [2.05, 4.69) is 5.32 Å². The molecule has 5 heteroatoms. The van der Waals surface area contributed by atoms with Crippen molar-refractivity contribution >= 4 is 0 Å². The Kier molecular flexibility index (Phi) is 5.55. The van der Waals surface area contributed by atoms with Crippen LogP contribution < -0.4 is 11.1 Å². The number of rotatable bonds is 5. The van der Waals surface area contributed by atoms with Crippen molar-refractivity contribution in [1.29, 1.82) is 0 Å². The van der Waals surface area contributed by atoms with Gasteiger partial charge in [-0.1, -0.05) is 6.42 Å². The lowest BCUT2D eigenvalue weighted by Crippen LogP contribution is -2.39. The first-order chi connectivity index (χ1) is 7.47. The maximum Gasteiger partial charge on any atom is 0.389 e. The summed E-state index contributed by atoms with van der Waals surface area (Å²) in [6.45, 7) is 0.674. The first-order valence-electron chi connectivity index (χ1n) is 6.03. The molecule has 0 aromatic carbocycles. The van der Waals surface area contributed by atoms with Crippen LogP contribution in [0, 0.1) is 0 Å². The molecular weight excluding hydrogens is 217 g/mol. The average molecular weight is 238 g/mol. The molecule has 0 aromatic heterocycles. The summed E-state index contributed by atoms with van der Waals surface area (Å²) < 4.78 is 35.6. The minimum atomic E-state index is -4.01. The van der Waals surface area contributed by atoms with Crippen LogP contribution in [0.25, 0.3) is 0 Å². The van der Waals surface area contributed by atoms with Crippen LogP contribution in [0.3, 0.4) is 0 Å². The summed E-state index contributed by atoms with van der Waals surface area (Å²) in [6.07, 6.45) is 0.395. The van der Waals surface area contributed by atoms with Gasteiger partial charge in [0.15, 0.2) is 0 Å². The van der Waals surface area contributed by atoms with Crippen molar-refractivity contribution in [3.05, 3.63) is 0 Å². The third-order valence-electron chi connectivity index (χ3n) is 3.03. The van der Waals surface area contributed by atoms with Gasteiger partial charge in [-0.3, -0.25) is 0 Å². The fourth-order valence-electron chi connectivity index (χ4n) is 2.17. The van der Waals surface area contributed by atoms with E-state index < -0.39 is 12.6 Å². The molecule has 2 atom stereocenters. The van der Waals surface area contributed by atoms with Gasteiger partial charge in [-0.2, -0.15) is 13.2 Å². The summed E-state index contributed by atoms with van der Waals surface area (Å²) in [7, 11) is 0. The van der Waals surface area contributed by atoms with Gasteiger partial charge in [0, 0.05) is 18.5 Å². The number of hydrogen-bond acceptors (Lipinski definition) is 2. The minimum absolute atomic E-state index is 0.218. The molecule has 2 nitrogen and oxygen atoms in total. The van der Waals surface area contributed by atoms with Crippen molar-refractivity contribution in [1.82, 2.24) is 5.32 Å². The van der Waals surface area contributed by atoms with Gasteiger partial charge in [0.05, 0.1) is 0 Å². The van der Waals surface area contributed by atoms with E-state index in [4.69, 9.17) is 5.73 Å². The van der Waals surface area contributed by atoms with Crippen LogP contribution >= 0.6 is 0 Å². The lowest BCUT2D eigenvalue weighted by Gasteiger charge is -2.27. The van der Waals surface area contributed by atoms with Crippen molar-refractivity contribution in [2.24, 2.45) is 5.73 Å². The Morgan fingerprint density at radius 3 is 2.56 bits per heavy atom. The molecule has 0 radical (unpaired) electrons. The number of nitrogens with one attached hydrogen (secondary N) is 1. The van der Waals surface area contributed by atoms with Gasteiger partial charge in [-0.05, 0) is 38.6 Å². The Bertz CT molecular complexity index is 194. The smallest absolute Gasteiger partial charge is 0.328 e. The van der Waals surface area contributed by atoms with Gasteiger partial charge >= 0.3 is 6.18 Å². The molecule has 16 heavy (non-hydrogen) atoms. The van der Waals surface area contributed by atoms with Crippen LogP contribution in [-0.4, -0.2) is 24.8 Å². The lowest BCUT2D eigenvalue weighted by molar-refractivity contribution is -0.135. The third kappa shape index (κ3) is 6.33. The molecule has 96 valence electrons. The van der Waals surface area contributed by atoms with Crippen molar-refractivity contribution in [3.63, 3.8) is 0 Å². The number of hydrogen-bond donors (Lipinski definition) is 2. The number of unbranched alkanes of at least 4 members (excludes halogenated alkanes) is 1. The first-order valence-corrected chi connectivity index (χ1v) is 6.03. The van der Waals surface area contributed by atoms with E-state index in [9.17, 15) is 13.2 Å². The molecule has 0 bridgehead atoms. The summed E-state index contributed by atoms with van der Waals surface area (Å²) in [5.41, 5.74) is 5.82. The third-order valence-corrected chi connectivity index (χ3v) is 3.03. The van der Waals surface area contributed by atoms with Gasteiger partial charge in [0.25, 0.3) is 0 Å². The Morgan fingerprint density at radius 2 is 1.94 bits per heavy atom. The zero-order valence-corrected chi connectivity index (χ0v) is 9.52. The largest absolute Gasteiger partial charge is 0.389 e. The van der Waals surface area contributed by atoms with E-state index in [1.54, 1.807) is 0 Å². The fraction of sp³-hybridized carbons (Fsp3) is 1.00. The molecule has 1 aliphatic carbocycles. The molecule has 1 aliphatic rings. The highest BCUT2D eigenvalue weighted by atomic mass is 19.4. The monoisotopic (exact) mass is 238 g/mol.